The van der Waals surface area contributed by atoms with Gasteiger partial charge in [0.25, 0.3) is 0 Å². The topological polar surface area (TPSA) is 34.2 Å². The summed E-state index contributed by atoms with van der Waals surface area (Å²) in [6, 6.07) is 0. The molecule has 0 unspecified atom stereocenters. The van der Waals surface area contributed by atoms with Gasteiger partial charge < -0.3 is 0 Å². The van der Waals surface area contributed by atoms with E-state index >= 15 is 0 Å². The molecule has 3 nitrogen and oxygen atoms in total. The maximum absolute atomic E-state index is 5.41. The van der Waals surface area contributed by atoms with Crippen LogP contribution in [0, 0.1) is 0 Å². The summed E-state index contributed by atoms with van der Waals surface area (Å²) in [5.41, 5.74) is 2.81. The lowest BCUT2D eigenvalue weighted by Crippen LogP contribution is -2.28. The summed E-state index contributed by atoms with van der Waals surface area (Å²) < 4.78 is 0. The zero-order chi connectivity index (χ0) is 10.6. The Bertz CT molecular complexity index is 278. The lowest BCUT2D eigenvalue weighted by atomic mass is 10.2. The van der Waals surface area contributed by atoms with Crippen molar-refractivity contribution < 1.29 is 4.84 Å². The third-order valence-electron chi connectivity index (χ3n) is 1.53. The molecule has 1 aromatic rings. The number of thiazole rings is 1. The smallest absolute Gasteiger partial charge is 0.0925 e. The Morgan fingerprint density at radius 3 is 2.71 bits per heavy atom. The zero-order valence-corrected chi connectivity index (χ0v) is 10.1. The maximum atomic E-state index is 5.41. The van der Waals surface area contributed by atoms with Crippen molar-refractivity contribution in [3.63, 3.8) is 0 Å². The molecule has 0 spiro atoms. The predicted octanol–water partition coefficient (Wildman–Crippen LogP) is 2.53. The summed E-state index contributed by atoms with van der Waals surface area (Å²) in [5, 5.41) is 1.18. The molecular weight excluding hydrogens is 196 g/mol. The van der Waals surface area contributed by atoms with Gasteiger partial charge in [-0.15, -0.1) is 11.3 Å². The minimum absolute atomic E-state index is 0.141. The molecule has 0 aliphatic carbocycles. The Hall–Kier alpha value is -0.450. The highest BCUT2D eigenvalue weighted by Gasteiger charge is 2.10. The van der Waals surface area contributed by atoms with Gasteiger partial charge in [-0.3, -0.25) is 4.84 Å². The van der Waals surface area contributed by atoms with Crippen LogP contribution in [0.15, 0.2) is 6.20 Å². The molecule has 1 heterocycles. The first-order valence-corrected chi connectivity index (χ1v) is 5.67. The van der Waals surface area contributed by atoms with Crippen molar-refractivity contribution in [2.75, 3.05) is 0 Å². The van der Waals surface area contributed by atoms with Crippen LogP contribution in [0.3, 0.4) is 0 Å². The van der Waals surface area contributed by atoms with Gasteiger partial charge in [0, 0.05) is 11.1 Å². The van der Waals surface area contributed by atoms with E-state index in [1.54, 1.807) is 11.3 Å². The van der Waals surface area contributed by atoms with Crippen molar-refractivity contribution in [2.24, 2.45) is 0 Å². The van der Waals surface area contributed by atoms with E-state index in [1.807, 2.05) is 27.0 Å². The highest BCUT2D eigenvalue weighted by atomic mass is 32.1. The fourth-order valence-corrected chi connectivity index (χ4v) is 1.71. The first-order chi connectivity index (χ1) is 6.51. The number of hydrogen-bond donors (Lipinski definition) is 1. The molecule has 80 valence electrons. The van der Waals surface area contributed by atoms with Gasteiger partial charge in [0.1, 0.15) is 0 Å². The zero-order valence-electron chi connectivity index (χ0n) is 9.26. The van der Waals surface area contributed by atoms with E-state index in [0.717, 1.165) is 13.0 Å². The largest absolute Gasteiger partial charge is 0.296 e. The second kappa shape index (κ2) is 4.87. The first kappa shape index (κ1) is 11.6. The number of nitrogens with zero attached hydrogens (tertiary/aromatic N) is 1. The molecule has 4 heteroatoms. The van der Waals surface area contributed by atoms with Gasteiger partial charge in [-0.25, -0.2) is 4.98 Å². The summed E-state index contributed by atoms with van der Waals surface area (Å²) in [5.74, 6) is 0. The molecule has 1 rings (SSSR count). The number of nitrogens with one attached hydrogen (secondary N) is 1. The van der Waals surface area contributed by atoms with Crippen molar-refractivity contribution in [3.05, 3.63) is 16.1 Å². The van der Waals surface area contributed by atoms with Crippen molar-refractivity contribution in [1.29, 1.82) is 0 Å². The van der Waals surface area contributed by atoms with Crippen LogP contribution in [0.1, 0.15) is 37.6 Å². The standard InChI is InChI=1S/C10H18N2OS/c1-5-9-11-6-8(14-9)7-12-13-10(2,3)4/h6,12H,5,7H2,1-4H3. The molecule has 0 bridgehead atoms. The van der Waals surface area contributed by atoms with Gasteiger partial charge in [-0.05, 0) is 27.2 Å². The summed E-state index contributed by atoms with van der Waals surface area (Å²) in [7, 11) is 0. The van der Waals surface area contributed by atoms with Crippen LogP contribution in [-0.2, 0) is 17.8 Å². The Morgan fingerprint density at radius 1 is 1.50 bits per heavy atom. The number of hydrogen-bond acceptors (Lipinski definition) is 4. The molecule has 0 saturated carbocycles. The predicted molar refractivity (Wildman–Crippen MR) is 59.2 cm³/mol. The van der Waals surface area contributed by atoms with Crippen LogP contribution in [-0.4, -0.2) is 10.6 Å². The van der Waals surface area contributed by atoms with Crippen LogP contribution < -0.4 is 5.48 Å². The van der Waals surface area contributed by atoms with Crippen LogP contribution >= 0.6 is 11.3 Å². The summed E-state index contributed by atoms with van der Waals surface area (Å²) in [4.78, 5) is 10.9. The highest BCUT2D eigenvalue weighted by molar-refractivity contribution is 7.11. The third-order valence-corrected chi connectivity index (χ3v) is 2.67. The number of aromatic nitrogens is 1. The monoisotopic (exact) mass is 214 g/mol. The van der Waals surface area contributed by atoms with Crippen LogP contribution in [0.4, 0.5) is 0 Å². The minimum Gasteiger partial charge on any atom is -0.296 e. The van der Waals surface area contributed by atoms with E-state index in [1.165, 1.54) is 9.88 Å². The summed E-state index contributed by atoms with van der Waals surface area (Å²) in [6.45, 7) is 8.90. The lowest BCUT2D eigenvalue weighted by Gasteiger charge is -2.18. The van der Waals surface area contributed by atoms with Crippen molar-refractivity contribution in [3.8, 4) is 0 Å². The summed E-state index contributed by atoms with van der Waals surface area (Å²) >= 11 is 1.73. The van der Waals surface area contributed by atoms with Crippen molar-refractivity contribution >= 4 is 11.3 Å². The molecule has 0 aliphatic rings. The fraction of sp³-hybridized carbons (Fsp3) is 0.700. The maximum Gasteiger partial charge on any atom is 0.0925 e. The molecule has 1 N–H and O–H groups in total. The number of hydroxylamine groups is 1. The second-order valence-electron chi connectivity index (χ2n) is 4.11. The van der Waals surface area contributed by atoms with E-state index < -0.39 is 0 Å². The molecule has 0 amide bonds. The molecule has 0 aliphatic heterocycles. The highest BCUT2D eigenvalue weighted by Crippen LogP contribution is 2.13. The Morgan fingerprint density at radius 2 is 2.21 bits per heavy atom. The van der Waals surface area contributed by atoms with E-state index in [4.69, 9.17) is 4.84 Å². The second-order valence-corrected chi connectivity index (χ2v) is 5.31. The molecule has 0 aromatic carbocycles. The minimum atomic E-state index is -0.141. The molecule has 0 saturated heterocycles. The van der Waals surface area contributed by atoms with Crippen molar-refractivity contribution in [2.45, 2.75) is 46.3 Å². The van der Waals surface area contributed by atoms with Gasteiger partial charge in [0.2, 0.25) is 0 Å². The van der Waals surface area contributed by atoms with E-state index in [0.29, 0.717) is 0 Å². The van der Waals surface area contributed by atoms with Gasteiger partial charge in [-0.2, -0.15) is 5.48 Å². The molecule has 0 fully saturated rings. The third kappa shape index (κ3) is 4.17. The first-order valence-electron chi connectivity index (χ1n) is 4.85. The van der Waals surface area contributed by atoms with Gasteiger partial charge in [0.15, 0.2) is 0 Å². The van der Waals surface area contributed by atoms with Crippen molar-refractivity contribution in [1.82, 2.24) is 10.5 Å². The van der Waals surface area contributed by atoms with E-state index in [-0.39, 0.29) is 5.60 Å². The summed E-state index contributed by atoms with van der Waals surface area (Å²) in [6.07, 6.45) is 2.91. The van der Waals surface area contributed by atoms with Crippen LogP contribution in [0.2, 0.25) is 0 Å². The Balaban J connectivity index is 2.31. The van der Waals surface area contributed by atoms with Gasteiger partial charge in [0.05, 0.1) is 17.2 Å². The van der Waals surface area contributed by atoms with Crippen LogP contribution in [0.5, 0.6) is 0 Å². The lowest BCUT2D eigenvalue weighted by molar-refractivity contribution is -0.0754. The number of aryl methyl sites for hydroxylation is 1. The molecule has 0 radical (unpaired) electrons. The van der Waals surface area contributed by atoms with Crippen LogP contribution in [0.25, 0.3) is 0 Å². The molecule has 14 heavy (non-hydrogen) atoms. The normalized spacial score (nSPS) is 12.0. The average Bonchev–Trinajstić information content (AvgIpc) is 2.50. The average molecular weight is 214 g/mol. The molecule has 0 atom stereocenters. The van der Waals surface area contributed by atoms with Gasteiger partial charge in [-0.1, -0.05) is 6.92 Å². The molecular formula is C10H18N2OS. The van der Waals surface area contributed by atoms with Gasteiger partial charge >= 0.3 is 0 Å². The Labute approximate surface area is 89.5 Å². The fourth-order valence-electron chi connectivity index (χ4n) is 0.917. The van der Waals surface area contributed by atoms with E-state index in [2.05, 4.69) is 17.4 Å². The SMILES string of the molecule is CCc1ncc(CNOC(C)(C)C)s1. The number of rotatable bonds is 4. The Kier molecular flexibility index (Phi) is 4.04. The van der Waals surface area contributed by atoms with E-state index in [9.17, 15) is 0 Å². The quantitative estimate of drug-likeness (QED) is 0.782. The molecule has 1 aromatic heterocycles.